The highest BCUT2D eigenvalue weighted by Gasteiger charge is 2.27. The first kappa shape index (κ1) is 76.4. The van der Waals surface area contributed by atoms with E-state index < -0.39 is 20.0 Å². The van der Waals surface area contributed by atoms with Gasteiger partial charge in [-0.1, -0.05) is 297 Å². The van der Waals surface area contributed by atoms with Crippen LogP contribution in [0.15, 0.2) is 97.2 Å². The molecule has 0 fully saturated rings. The first-order valence-electron chi connectivity index (χ1n) is 33.1. The number of hydrogen-bond donors (Lipinski definition) is 3. The van der Waals surface area contributed by atoms with Gasteiger partial charge >= 0.3 is 7.82 Å². The van der Waals surface area contributed by atoms with E-state index in [-0.39, 0.29) is 19.1 Å². The fourth-order valence-corrected chi connectivity index (χ4v) is 10.2. The highest BCUT2D eigenvalue weighted by atomic mass is 31.2. The standard InChI is InChI=1S/C70H127N2O6P/c1-6-8-10-12-14-16-18-20-22-24-26-28-30-32-34-35-36-37-38-40-42-44-46-48-50-52-54-56-58-60-62-64-70(74)71-68(67-78-79(75,76)77-66-65-72(3,4)5)69(73)63-61-59-57-55-53-51-49-47-45-43-41-39-33-31-29-27-25-23-21-19-17-15-13-11-9-7-2/h8,10,14,16,20,22,26,28,32,34,36-37,53,55,61,63,68-69,73H,6-7,9,11-13,15,17-19,21,23-25,27,29-31,33,35,38-52,54,56-60,62,64-67H2,1-5H3,(H-,71,74,75,76)/p+1/b10-8-,16-14-,22-20-,28-26-,34-32-,37-36-,55-53+,63-61+. The van der Waals surface area contributed by atoms with Crippen LogP contribution < -0.4 is 5.32 Å². The van der Waals surface area contributed by atoms with Crippen molar-refractivity contribution in [3.63, 3.8) is 0 Å². The van der Waals surface area contributed by atoms with Gasteiger partial charge < -0.3 is 19.8 Å². The predicted molar refractivity (Wildman–Crippen MR) is 346 cm³/mol. The molecule has 0 aromatic carbocycles. The summed E-state index contributed by atoms with van der Waals surface area (Å²) in [5.74, 6) is -0.190. The number of hydrogen-bond acceptors (Lipinski definition) is 5. The molecule has 0 bridgehead atoms. The van der Waals surface area contributed by atoms with Crippen molar-refractivity contribution in [3.05, 3.63) is 97.2 Å². The van der Waals surface area contributed by atoms with Crippen LogP contribution in [0.5, 0.6) is 0 Å². The molecule has 0 saturated heterocycles. The lowest BCUT2D eigenvalue weighted by Crippen LogP contribution is -2.45. The van der Waals surface area contributed by atoms with Crippen molar-refractivity contribution in [2.75, 3.05) is 40.9 Å². The van der Waals surface area contributed by atoms with E-state index >= 15 is 0 Å². The Labute approximate surface area is 489 Å². The number of rotatable bonds is 60. The zero-order chi connectivity index (χ0) is 57.7. The SMILES string of the molecule is CC/C=C\C/C=C\C/C=C\C/C=C\C/C=C\C/C=C\CCCCCCCCCCCCCCC(=O)NC(COP(=O)(O)OCC[N+](C)(C)C)C(O)/C=C/CC/C=C/CCCCCCCCCCCCCCCCCCCCCC. The number of aliphatic hydroxyl groups excluding tert-OH is 1. The number of aliphatic hydroxyl groups is 1. The third-order valence-corrected chi connectivity index (χ3v) is 15.5. The fraction of sp³-hybridized carbons (Fsp3) is 0.757. The zero-order valence-corrected chi connectivity index (χ0v) is 53.2. The summed E-state index contributed by atoms with van der Waals surface area (Å²) >= 11 is 0. The summed E-state index contributed by atoms with van der Waals surface area (Å²) < 4.78 is 23.8. The van der Waals surface area contributed by atoms with Crippen molar-refractivity contribution < 1.29 is 32.9 Å². The van der Waals surface area contributed by atoms with E-state index in [1.165, 1.54) is 193 Å². The number of carbonyl (C=O) groups is 1. The molecular weight excluding hydrogens is 996 g/mol. The van der Waals surface area contributed by atoms with Crippen LogP contribution in [0.2, 0.25) is 0 Å². The van der Waals surface area contributed by atoms with Crippen LogP contribution >= 0.6 is 7.82 Å². The number of amides is 1. The molecule has 0 rings (SSSR count). The first-order chi connectivity index (χ1) is 38.5. The van der Waals surface area contributed by atoms with Gasteiger partial charge in [0.25, 0.3) is 0 Å². The van der Waals surface area contributed by atoms with Gasteiger partial charge in [0.1, 0.15) is 13.2 Å². The maximum absolute atomic E-state index is 13.0. The van der Waals surface area contributed by atoms with Gasteiger partial charge in [0.15, 0.2) is 0 Å². The maximum atomic E-state index is 13.0. The number of carbonyl (C=O) groups excluding carboxylic acids is 1. The molecule has 3 unspecified atom stereocenters. The highest BCUT2D eigenvalue weighted by Crippen LogP contribution is 2.43. The average molecular weight is 1120 g/mol. The van der Waals surface area contributed by atoms with Gasteiger partial charge in [-0.15, -0.1) is 0 Å². The number of phosphoric ester groups is 1. The monoisotopic (exact) mass is 1120 g/mol. The lowest BCUT2D eigenvalue weighted by Gasteiger charge is -2.25. The Hall–Kier alpha value is -2.58. The van der Waals surface area contributed by atoms with Crippen molar-refractivity contribution in [2.24, 2.45) is 0 Å². The molecule has 0 aliphatic heterocycles. The molecular formula is C70H128N2O6P+. The third-order valence-electron chi connectivity index (χ3n) is 14.5. The molecule has 458 valence electrons. The summed E-state index contributed by atoms with van der Waals surface area (Å²) in [6.07, 6.45) is 86.8. The molecule has 0 aromatic rings. The second-order valence-electron chi connectivity index (χ2n) is 23.5. The van der Waals surface area contributed by atoms with E-state index in [1.54, 1.807) is 6.08 Å². The smallest absolute Gasteiger partial charge is 0.387 e. The molecule has 0 saturated carbocycles. The minimum atomic E-state index is -4.37. The number of nitrogens with zero attached hydrogens (tertiary/aromatic N) is 1. The van der Waals surface area contributed by atoms with Gasteiger partial charge in [-0.3, -0.25) is 13.8 Å². The quantitative estimate of drug-likeness (QED) is 0.0243. The van der Waals surface area contributed by atoms with E-state index in [0.29, 0.717) is 17.4 Å². The van der Waals surface area contributed by atoms with Gasteiger partial charge in [-0.05, 0) is 83.5 Å². The Morgan fingerprint density at radius 1 is 0.443 bits per heavy atom. The number of phosphoric acid groups is 1. The topological polar surface area (TPSA) is 105 Å². The molecule has 79 heavy (non-hydrogen) atoms. The molecule has 0 spiro atoms. The van der Waals surface area contributed by atoms with Crippen LogP contribution in [-0.4, -0.2) is 73.4 Å². The number of allylic oxidation sites excluding steroid dienone is 15. The maximum Gasteiger partial charge on any atom is 0.472 e. The van der Waals surface area contributed by atoms with E-state index in [9.17, 15) is 19.4 Å². The van der Waals surface area contributed by atoms with Crippen LogP contribution in [0.1, 0.15) is 290 Å². The lowest BCUT2D eigenvalue weighted by atomic mass is 10.0. The van der Waals surface area contributed by atoms with Gasteiger partial charge in [-0.25, -0.2) is 4.57 Å². The zero-order valence-electron chi connectivity index (χ0n) is 52.3. The molecule has 9 heteroatoms. The minimum absolute atomic E-state index is 0.0523. The number of unbranched alkanes of at least 4 members (excludes halogenated alkanes) is 33. The average Bonchev–Trinajstić information content (AvgIpc) is 3.42. The fourth-order valence-electron chi connectivity index (χ4n) is 9.42. The van der Waals surface area contributed by atoms with E-state index in [1.807, 2.05) is 27.2 Å². The molecule has 0 aliphatic carbocycles. The predicted octanol–water partition coefficient (Wildman–Crippen LogP) is 20.9. The van der Waals surface area contributed by atoms with Crippen LogP contribution in [0.3, 0.4) is 0 Å². The Morgan fingerprint density at radius 3 is 1.16 bits per heavy atom. The Bertz CT molecular complexity index is 1610. The van der Waals surface area contributed by atoms with Crippen molar-refractivity contribution in [2.45, 2.75) is 302 Å². The van der Waals surface area contributed by atoms with Gasteiger partial charge in [0.2, 0.25) is 5.91 Å². The molecule has 3 atom stereocenters. The number of likely N-dealkylation sites (N-methyl/N-ethyl adjacent to an activating group) is 1. The molecule has 8 nitrogen and oxygen atoms in total. The largest absolute Gasteiger partial charge is 0.472 e. The van der Waals surface area contributed by atoms with Crippen molar-refractivity contribution in [1.82, 2.24) is 5.32 Å². The van der Waals surface area contributed by atoms with Crippen molar-refractivity contribution >= 4 is 13.7 Å². The Morgan fingerprint density at radius 2 is 0.772 bits per heavy atom. The first-order valence-corrected chi connectivity index (χ1v) is 34.6. The highest BCUT2D eigenvalue weighted by molar-refractivity contribution is 7.47. The Kier molecular flexibility index (Phi) is 58.1. The molecule has 0 radical (unpaired) electrons. The number of nitrogens with one attached hydrogen (secondary N) is 1. The summed E-state index contributed by atoms with van der Waals surface area (Å²) in [4.78, 5) is 23.4. The summed E-state index contributed by atoms with van der Waals surface area (Å²) in [6.45, 7) is 4.70. The van der Waals surface area contributed by atoms with Crippen LogP contribution in [0.25, 0.3) is 0 Å². The van der Waals surface area contributed by atoms with Crippen LogP contribution in [0.4, 0.5) is 0 Å². The second kappa shape index (κ2) is 60.0. The number of quaternary nitrogens is 1. The van der Waals surface area contributed by atoms with E-state index in [0.717, 1.165) is 77.0 Å². The molecule has 0 aromatic heterocycles. The van der Waals surface area contributed by atoms with Crippen molar-refractivity contribution in [3.8, 4) is 0 Å². The molecule has 0 heterocycles. The summed E-state index contributed by atoms with van der Waals surface area (Å²) in [7, 11) is 1.55. The molecule has 3 N–H and O–H groups in total. The van der Waals surface area contributed by atoms with E-state index in [2.05, 4.69) is 104 Å². The Balaban J connectivity index is 4.17. The van der Waals surface area contributed by atoms with E-state index in [4.69, 9.17) is 9.05 Å². The molecule has 0 aliphatic rings. The second-order valence-corrected chi connectivity index (χ2v) is 24.9. The molecule has 1 amide bonds. The summed E-state index contributed by atoms with van der Waals surface area (Å²) in [5, 5.41) is 14.0. The minimum Gasteiger partial charge on any atom is -0.387 e. The van der Waals surface area contributed by atoms with Crippen LogP contribution in [-0.2, 0) is 18.4 Å². The van der Waals surface area contributed by atoms with Gasteiger partial charge in [0.05, 0.1) is 39.9 Å². The lowest BCUT2D eigenvalue weighted by molar-refractivity contribution is -0.870. The van der Waals surface area contributed by atoms with Gasteiger partial charge in [-0.2, -0.15) is 0 Å². The van der Waals surface area contributed by atoms with Crippen molar-refractivity contribution in [1.29, 1.82) is 0 Å². The normalized spacial score (nSPS) is 14.4. The summed E-state index contributed by atoms with van der Waals surface area (Å²) in [5.41, 5.74) is 0. The van der Waals surface area contributed by atoms with Crippen LogP contribution in [0, 0.1) is 0 Å². The van der Waals surface area contributed by atoms with Gasteiger partial charge in [0, 0.05) is 6.42 Å². The third kappa shape index (κ3) is 62.9. The summed E-state index contributed by atoms with van der Waals surface area (Å²) in [6, 6.07) is -0.872.